The molecular weight excluding hydrogens is 461 g/mol. The number of rotatable bonds is 12. The van der Waals surface area contributed by atoms with Gasteiger partial charge in [0.05, 0.1) is 13.2 Å². The van der Waals surface area contributed by atoms with Gasteiger partial charge in [0.15, 0.2) is 17.5 Å². The van der Waals surface area contributed by atoms with Gasteiger partial charge in [0.2, 0.25) is 0 Å². The quantitative estimate of drug-likeness (QED) is 0.199. The number of nitrogens with zero attached hydrogens (tertiary/aromatic N) is 1. The van der Waals surface area contributed by atoms with Crippen molar-refractivity contribution in [3.63, 3.8) is 0 Å². The maximum Gasteiger partial charge on any atom is 0.190 e. The van der Waals surface area contributed by atoms with Gasteiger partial charge in [-0.25, -0.2) is 0 Å². The highest BCUT2D eigenvalue weighted by Crippen LogP contribution is 2.28. The number of hydrogen-bond donors (Lipinski definition) is 2. The van der Waals surface area contributed by atoms with Crippen LogP contribution in [0, 0.1) is 0 Å². The van der Waals surface area contributed by atoms with Gasteiger partial charge < -0.3 is 20.1 Å². The molecule has 0 aliphatic heterocycles. The van der Waals surface area contributed by atoms with Crippen molar-refractivity contribution in [2.24, 2.45) is 4.99 Å². The van der Waals surface area contributed by atoms with Crippen LogP contribution in [0.5, 0.6) is 11.5 Å². The van der Waals surface area contributed by atoms with Gasteiger partial charge in [0, 0.05) is 20.1 Å². The minimum atomic E-state index is 0. The summed E-state index contributed by atoms with van der Waals surface area (Å²) in [5.74, 6) is 3.70. The van der Waals surface area contributed by atoms with Gasteiger partial charge in [-0.3, -0.25) is 4.99 Å². The molecule has 1 aromatic rings. The molecule has 0 saturated heterocycles. The zero-order chi connectivity index (χ0) is 18.3. The van der Waals surface area contributed by atoms with Crippen molar-refractivity contribution in [1.82, 2.24) is 10.6 Å². The van der Waals surface area contributed by atoms with Crippen LogP contribution in [0.25, 0.3) is 0 Å². The van der Waals surface area contributed by atoms with Crippen LogP contribution in [0.2, 0.25) is 0 Å². The maximum atomic E-state index is 5.68. The maximum absolute atomic E-state index is 5.68. The second-order valence-corrected chi connectivity index (χ2v) is 6.51. The number of ether oxygens (including phenoxy) is 2. The number of aliphatic imine (C=N–C) groups is 1. The molecule has 0 radical (unpaired) electrons. The van der Waals surface area contributed by atoms with E-state index >= 15 is 0 Å². The monoisotopic (exact) mass is 495 g/mol. The summed E-state index contributed by atoms with van der Waals surface area (Å²) in [6.45, 7) is 7.02. The lowest BCUT2D eigenvalue weighted by atomic mass is 10.1. The fourth-order valence-electron chi connectivity index (χ4n) is 2.38. The molecule has 0 bridgehead atoms. The number of unbranched alkanes of at least 4 members (excludes halogenated alkanes) is 1. The first-order valence-corrected chi connectivity index (χ1v) is 10.5. The highest BCUT2D eigenvalue weighted by molar-refractivity contribution is 14.0. The molecule has 0 heterocycles. The molecule has 0 spiro atoms. The predicted molar refractivity (Wildman–Crippen MR) is 125 cm³/mol. The third-order valence-corrected chi connectivity index (χ3v) is 4.30. The Balaban J connectivity index is 0.00000625. The van der Waals surface area contributed by atoms with Crippen LogP contribution >= 0.6 is 35.7 Å². The number of guanidine groups is 1. The van der Waals surface area contributed by atoms with E-state index in [9.17, 15) is 0 Å². The number of halogens is 1. The largest absolute Gasteiger partial charge is 0.490 e. The highest BCUT2D eigenvalue weighted by Gasteiger charge is 2.06. The standard InChI is InChI=1S/C19H33N3O2S.HI/c1-5-23-17-10-9-16(15-18(17)24-6-2)11-13-22-19(20-3)21-12-7-8-14-25-4;/h9-10,15H,5-8,11-14H2,1-4H3,(H2,20,21,22);1H. The van der Waals surface area contributed by atoms with E-state index in [4.69, 9.17) is 9.47 Å². The van der Waals surface area contributed by atoms with Crippen LogP contribution < -0.4 is 20.1 Å². The second-order valence-electron chi connectivity index (χ2n) is 5.52. The Kier molecular flexibility index (Phi) is 15.8. The van der Waals surface area contributed by atoms with Crippen molar-refractivity contribution in [2.45, 2.75) is 33.1 Å². The number of hydrogen-bond acceptors (Lipinski definition) is 4. The molecule has 0 unspecified atom stereocenters. The van der Waals surface area contributed by atoms with E-state index in [1.807, 2.05) is 31.7 Å². The lowest BCUT2D eigenvalue weighted by molar-refractivity contribution is 0.287. The van der Waals surface area contributed by atoms with Crippen LogP contribution in [0.3, 0.4) is 0 Å². The zero-order valence-electron chi connectivity index (χ0n) is 16.5. The fourth-order valence-corrected chi connectivity index (χ4v) is 2.87. The molecule has 0 aromatic heterocycles. The average molecular weight is 495 g/mol. The third-order valence-electron chi connectivity index (χ3n) is 3.61. The Morgan fingerprint density at radius 1 is 1.04 bits per heavy atom. The first-order chi connectivity index (χ1) is 12.2. The second kappa shape index (κ2) is 16.4. The van der Waals surface area contributed by atoms with Gasteiger partial charge in [0.25, 0.3) is 0 Å². The fraction of sp³-hybridized carbons (Fsp3) is 0.632. The van der Waals surface area contributed by atoms with Crippen LogP contribution in [-0.4, -0.2) is 51.3 Å². The van der Waals surface area contributed by atoms with E-state index in [1.54, 1.807) is 7.05 Å². The lowest BCUT2D eigenvalue weighted by Crippen LogP contribution is -2.38. The molecule has 5 nitrogen and oxygen atoms in total. The Hall–Kier alpha value is -0.830. The van der Waals surface area contributed by atoms with E-state index in [2.05, 4.69) is 34.0 Å². The van der Waals surface area contributed by atoms with Crippen LogP contribution in [0.1, 0.15) is 32.3 Å². The van der Waals surface area contributed by atoms with Gasteiger partial charge in [-0.15, -0.1) is 24.0 Å². The third kappa shape index (κ3) is 10.4. The first kappa shape index (κ1) is 25.2. The molecular formula is C19H34IN3O2S. The summed E-state index contributed by atoms with van der Waals surface area (Å²) in [6, 6.07) is 6.14. The van der Waals surface area contributed by atoms with E-state index in [1.165, 1.54) is 17.7 Å². The van der Waals surface area contributed by atoms with Crippen LogP contribution in [0.4, 0.5) is 0 Å². The Morgan fingerprint density at radius 3 is 2.38 bits per heavy atom. The highest BCUT2D eigenvalue weighted by atomic mass is 127. The normalized spacial score (nSPS) is 10.8. The Labute approximate surface area is 180 Å². The summed E-state index contributed by atoms with van der Waals surface area (Å²) in [5.41, 5.74) is 1.22. The summed E-state index contributed by atoms with van der Waals surface area (Å²) in [4.78, 5) is 4.27. The summed E-state index contributed by atoms with van der Waals surface area (Å²) in [6.07, 6.45) is 5.45. The summed E-state index contributed by atoms with van der Waals surface area (Å²) in [7, 11) is 1.81. The van der Waals surface area contributed by atoms with Gasteiger partial charge in [-0.1, -0.05) is 6.07 Å². The Bertz CT molecular complexity index is 516. The molecule has 26 heavy (non-hydrogen) atoms. The first-order valence-electron chi connectivity index (χ1n) is 9.07. The van der Waals surface area contributed by atoms with Gasteiger partial charge in [0.1, 0.15) is 0 Å². The molecule has 0 saturated carbocycles. The van der Waals surface area contributed by atoms with Crippen molar-refractivity contribution in [3.8, 4) is 11.5 Å². The minimum absolute atomic E-state index is 0. The molecule has 1 aromatic carbocycles. The van der Waals surface area contributed by atoms with Gasteiger partial charge >= 0.3 is 0 Å². The minimum Gasteiger partial charge on any atom is -0.490 e. The molecule has 7 heteroatoms. The van der Waals surface area contributed by atoms with Gasteiger partial charge in [-0.2, -0.15) is 11.8 Å². The van der Waals surface area contributed by atoms with E-state index in [0.717, 1.165) is 43.4 Å². The number of thioether (sulfide) groups is 1. The topological polar surface area (TPSA) is 54.9 Å². The van der Waals surface area contributed by atoms with E-state index in [-0.39, 0.29) is 24.0 Å². The van der Waals surface area contributed by atoms with Crippen molar-refractivity contribution in [2.75, 3.05) is 45.4 Å². The zero-order valence-corrected chi connectivity index (χ0v) is 19.6. The average Bonchev–Trinajstić information content (AvgIpc) is 2.62. The van der Waals surface area contributed by atoms with Crippen molar-refractivity contribution < 1.29 is 9.47 Å². The molecule has 150 valence electrons. The lowest BCUT2D eigenvalue weighted by Gasteiger charge is -2.14. The Morgan fingerprint density at radius 2 is 1.73 bits per heavy atom. The molecule has 0 aliphatic rings. The molecule has 2 N–H and O–H groups in total. The van der Waals surface area contributed by atoms with Gasteiger partial charge in [-0.05, 0) is 62.8 Å². The molecule has 1 rings (SSSR count). The molecule has 0 fully saturated rings. The molecule has 0 amide bonds. The van der Waals surface area contributed by atoms with Crippen molar-refractivity contribution >= 4 is 41.7 Å². The van der Waals surface area contributed by atoms with Crippen molar-refractivity contribution in [3.05, 3.63) is 23.8 Å². The van der Waals surface area contributed by atoms with E-state index < -0.39 is 0 Å². The number of benzene rings is 1. The molecule has 0 aliphatic carbocycles. The van der Waals surface area contributed by atoms with Crippen molar-refractivity contribution in [1.29, 1.82) is 0 Å². The summed E-state index contributed by atoms with van der Waals surface area (Å²) in [5, 5.41) is 6.72. The smallest absolute Gasteiger partial charge is 0.190 e. The van der Waals surface area contributed by atoms with Crippen LogP contribution in [-0.2, 0) is 6.42 Å². The SMILES string of the molecule is CCOc1ccc(CCNC(=NC)NCCCCSC)cc1OCC.I. The predicted octanol–water partition coefficient (Wildman–Crippen LogP) is 3.95. The summed E-state index contributed by atoms with van der Waals surface area (Å²) < 4.78 is 11.3. The number of nitrogens with one attached hydrogen (secondary N) is 2. The summed E-state index contributed by atoms with van der Waals surface area (Å²) >= 11 is 1.89. The van der Waals surface area contributed by atoms with E-state index in [0.29, 0.717) is 13.2 Å². The molecule has 0 atom stereocenters. The van der Waals surface area contributed by atoms with Crippen LogP contribution in [0.15, 0.2) is 23.2 Å².